The first kappa shape index (κ1) is 17.9. The minimum absolute atomic E-state index is 0.0493. The number of carbonyl (C=O) groups excluding carboxylic acids is 1. The van der Waals surface area contributed by atoms with E-state index in [0.717, 1.165) is 31.6 Å². The van der Waals surface area contributed by atoms with Crippen molar-refractivity contribution in [3.05, 3.63) is 30.3 Å². The molecule has 1 aromatic carbocycles. The van der Waals surface area contributed by atoms with Gasteiger partial charge in [-0.2, -0.15) is 5.26 Å². The fourth-order valence-electron chi connectivity index (χ4n) is 3.48. The van der Waals surface area contributed by atoms with Gasteiger partial charge in [0, 0.05) is 18.2 Å². The molecule has 0 unspecified atom stereocenters. The first-order chi connectivity index (χ1) is 12.3. The Balaban J connectivity index is 1.54. The number of piperidine rings is 1. The third kappa shape index (κ3) is 4.79. The highest BCUT2D eigenvalue weighted by Crippen LogP contribution is 2.26. The van der Waals surface area contributed by atoms with Gasteiger partial charge in [0.1, 0.15) is 0 Å². The van der Waals surface area contributed by atoms with Crippen molar-refractivity contribution in [3.63, 3.8) is 0 Å². The maximum atomic E-state index is 12.8. The van der Waals surface area contributed by atoms with E-state index in [9.17, 15) is 4.79 Å². The van der Waals surface area contributed by atoms with E-state index in [1.807, 2.05) is 30.3 Å². The summed E-state index contributed by atoms with van der Waals surface area (Å²) in [4.78, 5) is 16.7. The average Bonchev–Trinajstić information content (AvgIpc) is 3.18. The molecule has 0 bridgehead atoms. The minimum Gasteiger partial charge on any atom is -0.350 e. The van der Waals surface area contributed by atoms with Crippen LogP contribution in [0.25, 0.3) is 0 Å². The average molecular weight is 343 g/mol. The second kappa shape index (κ2) is 8.95. The van der Waals surface area contributed by atoms with Crippen molar-refractivity contribution in [2.45, 2.75) is 25.6 Å². The monoisotopic (exact) mass is 343 g/mol. The number of carbonyl (C=O) groups is 1. The normalized spacial score (nSPS) is 19.6. The number of para-hydroxylation sites is 1. The van der Waals surface area contributed by atoms with Crippen LogP contribution in [0.3, 0.4) is 0 Å². The molecule has 134 valence electrons. The van der Waals surface area contributed by atoms with Crippen LogP contribution >= 0.6 is 0 Å². The lowest BCUT2D eigenvalue weighted by Gasteiger charge is -2.34. The summed E-state index contributed by atoms with van der Waals surface area (Å²) in [5.74, 6) is 0.478. The zero-order valence-corrected chi connectivity index (χ0v) is 14.5. The maximum Gasteiger partial charge on any atom is 0.241 e. The van der Waals surface area contributed by atoms with Crippen LogP contribution < -0.4 is 4.90 Å². The van der Waals surface area contributed by atoms with Crippen molar-refractivity contribution in [2.24, 2.45) is 5.92 Å². The van der Waals surface area contributed by atoms with Gasteiger partial charge in [-0.1, -0.05) is 18.2 Å². The molecule has 2 heterocycles. The first-order valence-electron chi connectivity index (χ1n) is 8.96. The molecule has 2 saturated heterocycles. The van der Waals surface area contributed by atoms with Crippen LogP contribution in [0, 0.1) is 17.2 Å². The van der Waals surface area contributed by atoms with Crippen LogP contribution in [0.4, 0.5) is 5.69 Å². The Morgan fingerprint density at radius 3 is 2.52 bits per heavy atom. The molecule has 3 rings (SSSR count). The fourth-order valence-corrected chi connectivity index (χ4v) is 3.48. The second-order valence-electron chi connectivity index (χ2n) is 6.51. The molecule has 0 aromatic heterocycles. The van der Waals surface area contributed by atoms with Crippen molar-refractivity contribution in [1.82, 2.24) is 4.90 Å². The Morgan fingerprint density at radius 1 is 1.20 bits per heavy atom. The highest BCUT2D eigenvalue weighted by atomic mass is 16.7. The molecule has 2 aliphatic rings. The molecule has 0 atom stereocenters. The van der Waals surface area contributed by atoms with E-state index >= 15 is 0 Å². The summed E-state index contributed by atoms with van der Waals surface area (Å²) in [6.07, 6.45) is 2.25. The van der Waals surface area contributed by atoms with Crippen molar-refractivity contribution in [2.75, 3.05) is 44.3 Å². The quantitative estimate of drug-likeness (QED) is 0.791. The number of benzene rings is 1. The van der Waals surface area contributed by atoms with Crippen LogP contribution in [0.1, 0.15) is 19.3 Å². The van der Waals surface area contributed by atoms with E-state index in [0.29, 0.717) is 38.6 Å². The summed E-state index contributed by atoms with van der Waals surface area (Å²) in [7, 11) is 0. The van der Waals surface area contributed by atoms with Gasteiger partial charge in [0.2, 0.25) is 5.91 Å². The lowest BCUT2D eigenvalue weighted by atomic mass is 9.96. The Labute approximate surface area is 148 Å². The largest absolute Gasteiger partial charge is 0.350 e. The maximum absolute atomic E-state index is 12.8. The van der Waals surface area contributed by atoms with Gasteiger partial charge in [0.25, 0.3) is 0 Å². The Bertz CT molecular complexity index is 588. The van der Waals surface area contributed by atoms with Gasteiger partial charge in [-0.3, -0.25) is 9.69 Å². The Hall–Kier alpha value is -1.94. The molecule has 0 radical (unpaired) electrons. The number of ether oxygens (including phenoxy) is 2. The van der Waals surface area contributed by atoms with Gasteiger partial charge in [-0.15, -0.1) is 0 Å². The molecule has 1 amide bonds. The predicted octanol–water partition coefficient (Wildman–Crippen LogP) is 2.02. The summed E-state index contributed by atoms with van der Waals surface area (Å²) in [6, 6.07) is 11.7. The molecule has 6 nitrogen and oxygen atoms in total. The van der Waals surface area contributed by atoms with Crippen LogP contribution in [0.15, 0.2) is 30.3 Å². The number of rotatable bonds is 6. The topological polar surface area (TPSA) is 65.8 Å². The molecular weight excluding hydrogens is 318 g/mol. The minimum atomic E-state index is -0.0608. The van der Waals surface area contributed by atoms with Crippen LogP contribution in [-0.2, 0) is 14.3 Å². The van der Waals surface area contributed by atoms with Crippen molar-refractivity contribution in [1.29, 1.82) is 5.26 Å². The number of hydrogen-bond acceptors (Lipinski definition) is 5. The Morgan fingerprint density at radius 2 is 1.88 bits per heavy atom. The first-order valence-corrected chi connectivity index (χ1v) is 8.96. The Kier molecular flexibility index (Phi) is 6.40. The highest BCUT2D eigenvalue weighted by molar-refractivity contribution is 5.94. The summed E-state index contributed by atoms with van der Waals surface area (Å²) < 4.78 is 11.2. The summed E-state index contributed by atoms with van der Waals surface area (Å²) in [5, 5.41) is 8.88. The molecule has 0 N–H and O–H groups in total. The van der Waals surface area contributed by atoms with E-state index in [1.54, 1.807) is 4.90 Å². The lowest BCUT2D eigenvalue weighted by molar-refractivity contribution is -0.121. The van der Waals surface area contributed by atoms with Gasteiger partial charge in [-0.25, -0.2) is 0 Å². The van der Waals surface area contributed by atoms with Crippen molar-refractivity contribution >= 4 is 11.6 Å². The van der Waals surface area contributed by atoms with Crippen LogP contribution in [0.2, 0.25) is 0 Å². The predicted molar refractivity (Wildman–Crippen MR) is 93.9 cm³/mol. The summed E-state index contributed by atoms with van der Waals surface area (Å²) in [5.41, 5.74) is 0.852. The molecule has 0 spiro atoms. The molecule has 25 heavy (non-hydrogen) atoms. The van der Waals surface area contributed by atoms with E-state index < -0.39 is 0 Å². The third-order valence-electron chi connectivity index (χ3n) is 4.84. The lowest BCUT2D eigenvalue weighted by Crippen LogP contribution is -2.45. The highest BCUT2D eigenvalue weighted by Gasteiger charge is 2.31. The number of anilines is 1. The summed E-state index contributed by atoms with van der Waals surface area (Å²) in [6.45, 7) is 3.95. The van der Waals surface area contributed by atoms with E-state index in [4.69, 9.17) is 14.7 Å². The van der Waals surface area contributed by atoms with Crippen molar-refractivity contribution < 1.29 is 14.3 Å². The molecule has 0 aliphatic carbocycles. The molecule has 1 aromatic rings. The number of amides is 1. The third-order valence-corrected chi connectivity index (χ3v) is 4.84. The summed E-state index contributed by atoms with van der Waals surface area (Å²) >= 11 is 0. The van der Waals surface area contributed by atoms with E-state index in [-0.39, 0.29) is 12.2 Å². The van der Waals surface area contributed by atoms with Gasteiger partial charge in [0.05, 0.1) is 32.2 Å². The van der Waals surface area contributed by atoms with Crippen LogP contribution in [-0.4, -0.2) is 56.5 Å². The fraction of sp³-hybridized carbons (Fsp3) is 0.579. The van der Waals surface area contributed by atoms with Crippen molar-refractivity contribution in [3.8, 4) is 6.07 Å². The second-order valence-corrected chi connectivity index (χ2v) is 6.51. The van der Waals surface area contributed by atoms with Gasteiger partial charge in [0.15, 0.2) is 6.29 Å². The number of nitrogens with zero attached hydrogens (tertiary/aromatic N) is 3. The standard InChI is InChI=1S/C19H25N3O3/c20-9-4-10-22(17-5-2-1-3-6-17)18(23)15-21-11-7-16(8-12-21)19-24-13-14-25-19/h1-3,5-6,16,19H,4,7-8,10-15H2. The number of likely N-dealkylation sites (tertiary alicyclic amines) is 1. The molecular formula is C19H25N3O3. The molecule has 0 saturated carbocycles. The van der Waals surface area contributed by atoms with E-state index in [1.165, 1.54) is 0 Å². The van der Waals surface area contributed by atoms with Gasteiger partial charge in [-0.05, 0) is 38.1 Å². The molecule has 6 heteroatoms. The van der Waals surface area contributed by atoms with E-state index in [2.05, 4.69) is 11.0 Å². The zero-order valence-electron chi connectivity index (χ0n) is 14.5. The van der Waals surface area contributed by atoms with Crippen LogP contribution in [0.5, 0.6) is 0 Å². The van der Waals surface area contributed by atoms with Gasteiger partial charge < -0.3 is 14.4 Å². The zero-order chi connectivity index (χ0) is 17.5. The number of hydrogen-bond donors (Lipinski definition) is 0. The SMILES string of the molecule is N#CCCN(C(=O)CN1CCC(C2OCCO2)CC1)c1ccccc1. The smallest absolute Gasteiger partial charge is 0.241 e. The van der Waals surface area contributed by atoms with Gasteiger partial charge >= 0.3 is 0 Å². The number of nitriles is 1. The molecule has 2 fully saturated rings. The molecule has 2 aliphatic heterocycles.